The lowest BCUT2D eigenvalue weighted by molar-refractivity contribution is 0.740. The predicted octanol–water partition coefficient (Wildman–Crippen LogP) is 3.04. The van der Waals surface area contributed by atoms with Gasteiger partial charge in [-0.3, -0.25) is 9.98 Å². The van der Waals surface area contributed by atoms with Gasteiger partial charge in [-0.25, -0.2) is 9.97 Å². The summed E-state index contributed by atoms with van der Waals surface area (Å²) in [6.07, 6.45) is 3.78. The monoisotopic (exact) mass is 393 g/mol. The number of guanidine groups is 1. The fraction of sp³-hybridized carbons (Fsp3) is 0.300. The van der Waals surface area contributed by atoms with Gasteiger partial charge in [0, 0.05) is 50.4 Å². The summed E-state index contributed by atoms with van der Waals surface area (Å²) in [5, 5.41) is 9.33. The number of thiazole rings is 1. The number of rotatable bonds is 6. The molecule has 1 aliphatic rings. The fourth-order valence-electron chi connectivity index (χ4n) is 2.89. The molecule has 8 heteroatoms. The third kappa shape index (κ3) is 4.64. The zero-order valence-electron chi connectivity index (χ0n) is 15.8. The van der Waals surface area contributed by atoms with E-state index in [2.05, 4.69) is 37.5 Å². The van der Waals surface area contributed by atoms with Crippen molar-refractivity contribution in [2.75, 3.05) is 36.9 Å². The lowest BCUT2D eigenvalue weighted by atomic mass is 10.2. The first-order valence-electron chi connectivity index (χ1n) is 9.37. The molecule has 0 atom stereocenters. The Kier molecular flexibility index (Phi) is 5.77. The van der Waals surface area contributed by atoms with E-state index >= 15 is 0 Å². The number of hydrogen-bond acceptors (Lipinski definition) is 8. The summed E-state index contributed by atoms with van der Waals surface area (Å²) in [4.78, 5) is 20.4. The van der Waals surface area contributed by atoms with Crippen molar-refractivity contribution in [2.45, 2.75) is 12.8 Å². The van der Waals surface area contributed by atoms with Gasteiger partial charge in [-0.2, -0.15) is 0 Å². The molecule has 0 saturated carbocycles. The maximum absolute atomic E-state index is 4.79. The Hall–Kier alpha value is -3.00. The van der Waals surface area contributed by atoms with Gasteiger partial charge in [0.2, 0.25) is 0 Å². The van der Waals surface area contributed by atoms with E-state index in [4.69, 9.17) is 4.98 Å². The summed E-state index contributed by atoms with van der Waals surface area (Å²) in [5.41, 5.74) is 2.81. The van der Waals surface area contributed by atoms with E-state index in [-0.39, 0.29) is 0 Å². The highest BCUT2D eigenvalue weighted by Crippen LogP contribution is 2.25. The van der Waals surface area contributed by atoms with Gasteiger partial charge in [0.1, 0.15) is 11.5 Å². The first-order chi connectivity index (χ1) is 13.8. The second-order valence-corrected chi connectivity index (χ2v) is 7.41. The predicted molar refractivity (Wildman–Crippen MR) is 115 cm³/mol. The molecular weight excluding hydrogens is 370 g/mol. The van der Waals surface area contributed by atoms with Gasteiger partial charge in [-0.15, -0.1) is 11.3 Å². The van der Waals surface area contributed by atoms with Crippen LogP contribution in [0.5, 0.6) is 0 Å². The standard InChI is InChI=1S/C20H23N7S/c1-27(13-9-15-6-2-3-10-21-15)18-8-4-7-16(24-18)17-14-28-20(25-17)26-19-22-11-5-12-23-19/h2-4,6-8,10,14H,5,9,11-13H2,1H3,(H2,22,23,25,26). The van der Waals surface area contributed by atoms with Crippen LogP contribution in [-0.4, -0.2) is 47.6 Å². The number of anilines is 2. The molecule has 28 heavy (non-hydrogen) atoms. The summed E-state index contributed by atoms with van der Waals surface area (Å²) in [6, 6.07) is 12.0. The molecule has 0 unspecified atom stereocenters. The Morgan fingerprint density at radius 1 is 1.14 bits per heavy atom. The SMILES string of the molecule is CN(CCc1ccccn1)c1cccc(-c2csc(NC3=NCCCN3)n2)n1. The van der Waals surface area contributed by atoms with E-state index in [9.17, 15) is 0 Å². The summed E-state index contributed by atoms with van der Waals surface area (Å²) in [6.45, 7) is 2.64. The van der Waals surface area contributed by atoms with Crippen LogP contribution in [0.4, 0.5) is 10.9 Å². The number of hydrogen-bond donors (Lipinski definition) is 2. The van der Waals surface area contributed by atoms with Gasteiger partial charge in [0.05, 0.1) is 5.69 Å². The van der Waals surface area contributed by atoms with E-state index in [0.717, 1.165) is 66.5 Å². The summed E-state index contributed by atoms with van der Waals surface area (Å²) in [5.74, 6) is 1.72. The minimum absolute atomic E-state index is 0.795. The third-order valence-corrected chi connectivity index (χ3v) is 5.20. The number of aliphatic imine (C=N–C) groups is 1. The minimum atomic E-state index is 0.795. The van der Waals surface area contributed by atoms with Crippen molar-refractivity contribution in [2.24, 2.45) is 4.99 Å². The van der Waals surface area contributed by atoms with Crippen molar-refractivity contribution in [1.29, 1.82) is 0 Å². The number of pyridine rings is 2. The third-order valence-electron chi connectivity index (χ3n) is 4.44. The number of aromatic nitrogens is 3. The van der Waals surface area contributed by atoms with Crippen molar-refractivity contribution in [3.05, 3.63) is 53.7 Å². The van der Waals surface area contributed by atoms with Crippen LogP contribution < -0.4 is 15.5 Å². The van der Waals surface area contributed by atoms with Crippen LogP contribution in [0, 0.1) is 0 Å². The maximum atomic E-state index is 4.79. The molecule has 3 aromatic rings. The van der Waals surface area contributed by atoms with Crippen LogP contribution in [-0.2, 0) is 6.42 Å². The highest BCUT2D eigenvalue weighted by molar-refractivity contribution is 7.14. The summed E-state index contributed by atoms with van der Waals surface area (Å²) < 4.78 is 0. The van der Waals surface area contributed by atoms with Crippen LogP contribution in [0.3, 0.4) is 0 Å². The second-order valence-electron chi connectivity index (χ2n) is 6.55. The molecule has 1 aliphatic heterocycles. The van der Waals surface area contributed by atoms with Gasteiger partial charge >= 0.3 is 0 Å². The van der Waals surface area contributed by atoms with Gasteiger partial charge in [-0.05, 0) is 30.7 Å². The molecule has 0 aliphatic carbocycles. The molecule has 0 saturated heterocycles. The van der Waals surface area contributed by atoms with E-state index in [1.807, 2.05) is 48.0 Å². The van der Waals surface area contributed by atoms with E-state index in [1.54, 1.807) is 11.3 Å². The second kappa shape index (κ2) is 8.79. The smallest absolute Gasteiger partial charge is 0.197 e. The van der Waals surface area contributed by atoms with Crippen LogP contribution in [0.1, 0.15) is 12.1 Å². The van der Waals surface area contributed by atoms with Crippen molar-refractivity contribution >= 4 is 28.2 Å². The zero-order valence-corrected chi connectivity index (χ0v) is 16.6. The molecule has 3 aromatic heterocycles. The Morgan fingerprint density at radius 3 is 2.93 bits per heavy atom. The van der Waals surface area contributed by atoms with Crippen molar-refractivity contribution < 1.29 is 0 Å². The molecule has 144 valence electrons. The highest BCUT2D eigenvalue weighted by atomic mass is 32.1. The Bertz CT molecular complexity index is 938. The largest absolute Gasteiger partial charge is 0.359 e. The molecular formula is C20H23N7S. The molecule has 2 N–H and O–H groups in total. The average Bonchev–Trinajstić information content (AvgIpc) is 3.22. The molecule has 4 heterocycles. The number of nitrogens with zero attached hydrogens (tertiary/aromatic N) is 5. The minimum Gasteiger partial charge on any atom is -0.359 e. The zero-order chi connectivity index (χ0) is 19.2. The normalized spacial score (nSPS) is 13.5. The number of likely N-dealkylation sites (N-methyl/N-ethyl adjacent to an activating group) is 1. The topological polar surface area (TPSA) is 78.3 Å². The van der Waals surface area contributed by atoms with Crippen molar-refractivity contribution in [1.82, 2.24) is 20.3 Å². The van der Waals surface area contributed by atoms with E-state index in [0.29, 0.717) is 0 Å². The molecule has 0 aromatic carbocycles. The average molecular weight is 394 g/mol. The van der Waals surface area contributed by atoms with Crippen LogP contribution in [0.2, 0.25) is 0 Å². The molecule has 0 spiro atoms. The van der Waals surface area contributed by atoms with Gasteiger partial charge in [0.15, 0.2) is 11.1 Å². The first kappa shape index (κ1) is 18.4. The van der Waals surface area contributed by atoms with Crippen LogP contribution in [0.25, 0.3) is 11.4 Å². The molecule has 0 fully saturated rings. The molecule has 0 amide bonds. The highest BCUT2D eigenvalue weighted by Gasteiger charge is 2.11. The molecule has 4 rings (SSSR count). The maximum Gasteiger partial charge on any atom is 0.197 e. The molecule has 0 radical (unpaired) electrons. The molecule has 7 nitrogen and oxygen atoms in total. The van der Waals surface area contributed by atoms with E-state index in [1.165, 1.54) is 0 Å². The summed E-state index contributed by atoms with van der Waals surface area (Å²) >= 11 is 1.55. The van der Waals surface area contributed by atoms with Gasteiger partial charge in [0.25, 0.3) is 0 Å². The first-order valence-corrected chi connectivity index (χ1v) is 10.3. The van der Waals surface area contributed by atoms with Crippen molar-refractivity contribution in [3.63, 3.8) is 0 Å². The lowest BCUT2D eigenvalue weighted by Crippen LogP contribution is -2.35. The summed E-state index contributed by atoms with van der Waals surface area (Å²) in [7, 11) is 2.05. The quantitative estimate of drug-likeness (QED) is 0.670. The fourth-order valence-corrected chi connectivity index (χ4v) is 3.59. The Balaban J connectivity index is 1.42. The van der Waals surface area contributed by atoms with Crippen LogP contribution >= 0.6 is 11.3 Å². The lowest BCUT2D eigenvalue weighted by Gasteiger charge is -2.18. The van der Waals surface area contributed by atoms with E-state index < -0.39 is 0 Å². The molecule has 0 bridgehead atoms. The van der Waals surface area contributed by atoms with Gasteiger partial charge < -0.3 is 15.5 Å². The van der Waals surface area contributed by atoms with Crippen LogP contribution in [0.15, 0.2) is 53.0 Å². The van der Waals surface area contributed by atoms with Gasteiger partial charge in [-0.1, -0.05) is 12.1 Å². The van der Waals surface area contributed by atoms with Crippen molar-refractivity contribution in [3.8, 4) is 11.4 Å². The Labute approximate surface area is 168 Å². The number of nitrogens with one attached hydrogen (secondary N) is 2. The Morgan fingerprint density at radius 2 is 2.11 bits per heavy atom.